The van der Waals surface area contributed by atoms with Crippen LogP contribution in [0.25, 0.3) is 11.5 Å². The molecule has 0 saturated heterocycles. The second-order valence-corrected chi connectivity index (χ2v) is 8.71. The van der Waals surface area contributed by atoms with Gasteiger partial charge in [0.05, 0.1) is 4.90 Å². The summed E-state index contributed by atoms with van der Waals surface area (Å²) in [6.45, 7) is 0. The number of anilines is 1. The SMILES string of the molecule is CN(C)c1oc(-c2cccc(Cl)c2)nc1S(=O)(=O)c1ccc(Br)cc1. The van der Waals surface area contributed by atoms with E-state index in [-0.39, 0.29) is 21.7 Å². The zero-order valence-electron chi connectivity index (χ0n) is 13.4. The standard InChI is InChI=1S/C17H14BrClN2O3S/c1-21(2)17-16(25(22,23)14-8-6-12(18)7-9-14)20-15(24-17)11-4-3-5-13(19)10-11/h3-10H,1-2H3. The molecule has 25 heavy (non-hydrogen) atoms. The van der Waals surface area contributed by atoms with Crippen molar-refractivity contribution in [1.29, 1.82) is 0 Å². The maximum Gasteiger partial charge on any atom is 0.235 e. The van der Waals surface area contributed by atoms with Crippen LogP contribution in [-0.4, -0.2) is 27.5 Å². The highest BCUT2D eigenvalue weighted by Crippen LogP contribution is 2.34. The number of hydrogen-bond acceptors (Lipinski definition) is 5. The summed E-state index contributed by atoms with van der Waals surface area (Å²) in [5.74, 6) is 0.361. The summed E-state index contributed by atoms with van der Waals surface area (Å²) in [6.07, 6.45) is 0. The molecule has 0 aliphatic rings. The van der Waals surface area contributed by atoms with Crippen molar-refractivity contribution in [3.63, 3.8) is 0 Å². The van der Waals surface area contributed by atoms with Crippen LogP contribution in [-0.2, 0) is 9.84 Å². The molecular formula is C17H14BrClN2O3S. The minimum absolute atomic E-state index is 0.130. The monoisotopic (exact) mass is 440 g/mol. The third-order valence-corrected chi connectivity index (χ3v) is 5.87. The van der Waals surface area contributed by atoms with E-state index in [1.165, 1.54) is 12.1 Å². The lowest BCUT2D eigenvalue weighted by Crippen LogP contribution is -2.13. The summed E-state index contributed by atoms with van der Waals surface area (Å²) >= 11 is 9.30. The molecule has 3 rings (SSSR count). The van der Waals surface area contributed by atoms with E-state index in [2.05, 4.69) is 20.9 Å². The minimum Gasteiger partial charge on any atom is -0.419 e. The molecule has 0 spiro atoms. The lowest BCUT2D eigenvalue weighted by molar-refractivity contribution is 0.564. The highest BCUT2D eigenvalue weighted by atomic mass is 79.9. The fourth-order valence-corrected chi connectivity index (χ4v) is 4.06. The largest absolute Gasteiger partial charge is 0.419 e. The zero-order valence-corrected chi connectivity index (χ0v) is 16.6. The molecule has 2 aromatic carbocycles. The molecule has 0 atom stereocenters. The molecule has 0 radical (unpaired) electrons. The van der Waals surface area contributed by atoms with E-state index < -0.39 is 9.84 Å². The Balaban J connectivity index is 2.16. The number of sulfone groups is 1. The van der Waals surface area contributed by atoms with Crippen LogP contribution in [0.1, 0.15) is 0 Å². The summed E-state index contributed by atoms with van der Waals surface area (Å²) < 4.78 is 32.5. The van der Waals surface area contributed by atoms with E-state index in [1.54, 1.807) is 55.4 Å². The number of hydrogen-bond donors (Lipinski definition) is 0. The fourth-order valence-electron chi connectivity index (χ4n) is 2.23. The van der Waals surface area contributed by atoms with Crippen molar-refractivity contribution in [3.8, 4) is 11.5 Å². The molecule has 0 aliphatic heterocycles. The average Bonchev–Trinajstić information content (AvgIpc) is 3.02. The lowest BCUT2D eigenvalue weighted by Gasteiger charge is -2.10. The van der Waals surface area contributed by atoms with Gasteiger partial charge in [0.1, 0.15) is 0 Å². The van der Waals surface area contributed by atoms with E-state index in [0.29, 0.717) is 10.6 Å². The van der Waals surface area contributed by atoms with Crippen LogP contribution in [0.3, 0.4) is 0 Å². The van der Waals surface area contributed by atoms with Crippen LogP contribution >= 0.6 is 27.5 Å². The van der Waals surface area contributed by atoms with Gasteiger partial charge in [-0.3, -0.25) is 0 Å². The average molecular weight is 442 g/mol. The van der Waals surface area contributed by atoms with Crippen LogP contribution in [0, 0.1) is 0 Å². The first-order chi connectivity index (χ1) is 11.8. The smallest absolute Gasteiger partial charge is 0.235 e. The van der Waals surface area contributed by atoms with Crippen molar-refractivity contribution >= 4 is 43.3 Å². The molecular weight excluding hydrogens is 428 g/mol. The number of aromatic nitrogens is 1. The normalized spacial score (nSPS) is 11.5. The Labute approximate surface area is 159 Å². The van der Waals surface area contributed by atoms with E-state index in [4.69, 9.17) is 16.0 Å². The molecule has 0 saturated carbocycles. The van der Waals surface area contributed by atoms with Gasteiger partial charge in [0.2, 0.25) is 26.6 Å². The first kappa shape index (κ1) is 18.0. The lowest BCUT2D eigenvalue weighted by atomic mass is 10.2. The topological polar surface area (TPSA) is 63.4 Å². The number of rotatable bonds is 4. The van der Waals surface area contributed by atoms with Crippen molar-refractivity contribution in [2.75, 3.05) is 19.0 Å². The first-order valence-electron chi connectivity index (χ1n) is 7.24. The molecule has 8 heteroatoms. The molecule has 0 fully saturated rings. The second kappa shape index (κ2) is 6.82. The minimum atomic E-state index is -3.83. The van der Waals surface area contributed by atoms with Gasteiger partial charge in [0.25, 0.3) is 0 Å². The van der Waals surface area contributed by atoms with Gasteiger partial charge >= 0.3 is 0 Å². The molecule has 3 aromatic rings. The highest BCUT2D eigenvalue weighted by Gasteiger charge is 2.29. The highest BCUT2D eigenvalue weighted by molar-refractivity contribution is 9.10. The van der Waals surface area contributed by atoms with Crippen molar-refractivity contribution in [3.05, 3.63) is 58.0 Å². The zero-order chi connectivity index (χ0) is 18.2. The molecule has 0 bridgehead atoms. The summed E-state index contributed by atoms with van der Waals surface area (Å²) in [4.78, 5) is 5.97. The summed E-state index contributed by atoms with van der Waals surface area (Å²) in [7, 11) is -0.434. The Hall–Kier alpha value is -1.83. The fraction of sp³-hybridized carbons (Fsp3) is 0.118. The molecule has 130 valence electrons. The number of nitrogens with zero attached hydrogens (tertiary/aromatic N) is 2. The molecule has 0 amide bonds. The van der Waals surface area contributed by atoms with E-state index >= 15 is 0 Å². The third-order valence-electron chi connectivity index (χ3n) is 3.44. The Morgan fingerprint density at radius 1 is 1.12 bits per heavy atom. The third kappa shape index (κ3) is 3.58. The van der Waals surface area contributed by atoms with Gasteiger partial charge in [0.15, 0.2) is 0 Å². The molecule has 0 unspecified atom stereocenters. The van der Waals surface area contributed by atoms with Crippen molar-refractivity contribution in [1.82, 2.24) is 4.98 Å². The molecule has 1 heterocycles. The predicted molar refractivity (Wildman–Crippen MR) is 101 cm³/mol. The Bertz CT molecular complexity index is 1010. The van der Waals surface area contributed by atoms with Crippen LogP contribution < -0.4 is 4.90 Å². The van der Waals surface area contributed by atoms with Gasteiger partial charge in [-0.05, 0) is 42.5 Å². The van der Waals surface area contributed by atoms with Gasteiger partial charge in [-0.15, -0.1) is 0 Å². The number of benzene rings is 2. The van der Waals surface area contributed by atoms with E-state index in [9.17, 15) is 8.42 Å². The molecule has 0 aliphatic carbocycles. The van der Waals surface area contributed by atoms with Gasteiger partial charge < -0.3 is 9.32 Å². The van der Waals surface area contributed by atoms with Gasteiger partial charge in [0, 0.05) is 29.2 Å². The molecule has 5 nitrogen and oxygen atoms in total. The molecule has 0 N–H and O–H groups in total. The maximum absolute atomic E-state index is 13.0. The van der Waals surface area contributed by atoms with E-state index in [0.717, 1.165) is 4.47 Å². The Morgan fingerprint density at radius 3 is 2.40 bits per heavy atom. The Morgan fingerprint density at radius 2 is 1.80 bits per heavy atom. The van der Waals surface area contributed by atoms with Crippen LogP contribution in [0.2, 0.25) is 5.02 Å². The maximum atomic E-state index is 13.0. The number of oxazole rings is 1. The first-order valence-corrected chi connectivity index (χ1v) is 9.89. The second-order valence-electron chi connectivity index (χ2n) is 5.49. The van der Waals surface area contributed by atoms with E-state index in [1.807, 2.05) is 0 Å². The predicted octanol–water partition coefficient (Wildman–Crippen LogP) is 4.66. The quantitative estimate of drug-likeness (QED) is 0.589. The summed E-state index contributed by atoms with van der Waals surface area (Å²) in [5.41, 5.74) is 0.604. The van der Waals surface area contributed by atoms with Crippen molar-refractivity contribution in [2.45, 2.75) is 9.92 Å². The van der Waals surface area contributed by atoms with Gasteiger partial charge in [-0.25, -0.2) is 8.42 Å². The Kier molecular flexibility index (Phi) is 4.90. The molecule has 1 aromatic heterocycles. The summed E-state index contributed by atoms with van der Waals surface area (Å²) in [6, 6.07) is 13.3. The van der Waals surface area contributed by atoms with Crippen LogP contribution in [0.5, 0.6) is 0 Å². The van der Waals surface area contributed by atoms with Crippen LogP contribution in [0.15, 0.2) is 67.3 Å². The summed E-state index contributed by atoms with van der Waals surface area (Å²) in [5, 5.41) is 0.384. The van der Waals surface area contributed by atoms with Gasteiger partial charge in [-0.1, -0.05) is 33.6 Å². The van der Waals surface area contributed by atoms with Crippen LogP contribution in [0.4, 0.5) is 5.88 Å². The van der Waals surface area contributed by atoms with Crippen molar-refractivity contribution in [2.24, 2.45) is 0 Å². The van der Waals surface area contributed by atoms with Crippen molar-refractivity contribution < 1.29 is 12.8 Å². The number of halogens is 2. The van der Waals surface area contributed by atoms with Gasteiger partial charge in [-0.2, -0.15) is 4.98 Å².